The van der Waals surface area contributed by atoms with Gasteiger partial charge in [-0.1, -0.05) is 30.3 Å². The number of rotatable bonds is 3. The molecule has 0 amide bonds. The van der Waals surface area contributed by atoms with Gasteiger partial charge in [0.1, 0.15) is 12.4 Å². The number of fused-ring (bicyclic) bond motifs is 1. The standard InChI is InChI=1S/C16H18N2O3S/c1-12-6-5-7-13(2)16(12)17-22(19,20)18-10-11-21-15-9-4-3-8-14(15)18/h3-9,17H,10-11H2,1-2H3. The van der Waals surface area contributed by atoms with Gasteiger partial charge in [0.15, 0.2) is 0 Å². The third-order valence-electron chi connectivity index (χ3n) is 3.69. The van der Waals surface area contributed by atoms with E-state index in [4.69, 9.17) is 4.74 Å². The lowest BCUT2D eigenvalue weighted by molar-refractivity contribution is 0.316. The highest BCUT2D eigenvalue weighted by Crippen LogP contribution is 2.33. The molecule has 3 rings (SSSR count). The van der Waals surface area contributed by atoms with Gasteiger partial charge in [-0.3, -0.25) is 4.72 Å². The first-order valence-electron chi connectivity index (χ1n) is 7.07. The molecule has 5 nitrogen and oxygen atoms in total. The molecule has 0 aliphatic carbocycles. The van der Waals surface area contributed by atoms with Gasteiger partial charge in [-0.25, -0.2) is 4.31 Å². The van der Waals surface area contributed by atoms with Crippen molar-refractivity contribution < 1.29 is 13.2 Å². The van der Waals surface area contributed by atoms with Gasteiger partial charge in [0.05, 0.1) is 17.9 Å². The SMILES string of the molecule is Cc1cccc(C)c1NS(=O)(=O)N1CCOc2ccccc21. The van der Waals surface area contributed by atoms with E-state index in [-0.39, 0.29) is 6.54 Å². The molecular weight excluding hydrogens is 300 g/mol. The van der Waals surface area contributed by atoms with Crippen molar-refractivity contribution in [1.82, 2.24) is 0 Å². The van der Waals surface area contributed by atoms with E-state index in [1.54, 1.807) is 18.2 Å². The number of hydrogen-bond acceptors (Lipinski definition) is 3. The van der Waals surface area contributed by atoms with Crippen LogP contribution in [-0.2, 0) is 10.2 Å². The first-order valence-corrected chi connectivity index (χ1v) is 8.51. The third kappa shape index (κ3) is 2.62. The minimum Gasteiger partial charge on any atom is -0.489 e. The number of para-hydroxylation sites is 3. The van der Waals surface area contributed by atoms with Gasteiger partial charge in [0.2, 0.25) is 0 Å². The van der Waals surface area contributed by atoms with E-state index in [0.29, 0.717) is 23.7 Å². The molecular formula is C16H18N2O3S. The maximum Gasteiger partial charge on any atom is 0.324 e. The van der Waals surface area contributed by atoms with Crippen molar-refractivity contribution in [3.8, 4) is 5.75 Å². The number of anilines is 2. The molecule has 2 aromatic rings. The van der Waals surface area contributed by atoms with Crippen LogP contribution in [0.3, 0.4) is 0 Å². The van der Waals surface area contributed by atoms with Crippen LogP contribution in [0.5, 0.6) is 5.75 Å². The van der Waals surface area contributed by atoms with Crippen LogP contribution in [0.15, 0.2) is 42.5 Å². The van der Waals surface area contributed by atoms with Crippen LogP contribution in [0.2, 0.25) is 0 Å². The second-order valence-electron chi connectivity index (χ2n) is 5.26. The fraction of sp³-hybridized carbons (Fsp3) is 0.250. The molecule has 0 saturated heterocycles. The molecule has 1 N–H and O–H groups in total. The number of benzene rings is 2. The van der Waals surface area contributed by atoms with Crippen LogP contribution in [0.4, 0.5) is 11.4 Å². The average Bonchev–Trinajstić information content (AvgIpc) is 2.50. The first-order chi connectivity index (χ1) is 10.5. The van der Waals surface area contributed by atoms with E-state index >= 15 is 0 Å². The molecule has 1 heterocycles. The summed E-state index contributed by atoms with van der Waals surface area (Å²) in [5.41, 5.74) is 2.98. The normalized spacial score (nSPS) is 14.2. The summed E-state index contributed by atoms with van der Waals surface area (Å²) in [6.07, 6.45) is 0. The Labute approximate surface area is 130 Å². The zero-order valence-electron chi connectivity index (χ0n) is 12.5. The van der Waals surface area contributed by atoms with Crippen LogP contribution < -0.4 is 13.8 Å². The summed E-state index contributed by atoms with van der Waals surface area (Å²) < 4.78 is 35.1. The van der Waals surface area contributed by atoms with Crippen molar-refractivity contribution in [3.63, 3.8) is 0 Å². The highest BCUT2D eigenvalue weighted by atomic mass is 32.2. The molecule has 0 aromatic heterocycles. The second kappa shape index (κ2) is 5.53. The van der Waals surface area contributed by atoms with E-state index in [1.165, 1.54) is 4.31 Å². The van der Waals surface area contributed by atoms with Crippen molar-refractivity contribution in [1.29, 1.82) is 0 Å². The maximum atomic E-state index is 12.8. The lowest BCUT2D eigenvalue weighted by Gasteiger charge is -2.30. The number of aryl methyl sites for hydroxylation is 2. The predicted molar refractivity (Wildman–Crippen MR) is 87.7 cm³/mol. The summed E-state index contributed by atoms with van der Waals surface area (Å²) in [6.45, 7) is 4.40. The van der Waals surface area contributed by atoms with Crippen LogP contribution >= 0.6 is 0 Å². The molecule has 116 valence electrons. The van der Waals surface area contributed by atoms with Gasteiger partial charge in [-0.15, -0.1) is 0 Å². The molecule has 1 aliphatic heterocycles. The van der Waals surface area contributed by atoms with Crippen molar-refractivity contribution in [2.75, 3.05) is 22.2 Å². The minimum absolute atomic E-state index is 0.289. The first kappa shape index (κ1) is 14.7. The summed E-state index contributed by atoms with van der Waals surface area (Å²) >= 11 is 0. The highest BCUT2D eigenvalue weighted by Gasteiger charge is 2.28. The van der Waals surface area contributed by atoms with E-state index in [0.717, 1.165) is 11.1 Å². The molecule has 0 saturated carbocycles. The Morgan fingerprint density at radius 2 is 1.73 bits per heavy atom. The summed E-state index contributed by atoms with van der Waals surface area (Å²) in [6, 6.07) is 12.8. The molecule has 22 heavy (non-hydrogen) atoms. The Morgan fingerprint density at radius 3 is 2.45 bits per heavy atom. The van der Waals surface area contributed by atoms with E-state index in [1.807, 2.05) is 38.1 Å². The van der Waals surface area contributed by atoms with Crippen molar-refractivity contribution >= 4 is 21.6 Å². The Hall–Kier alpha value is -2.21. The van der Waals surface area contributed by atoms with E-state index < -0.39 is 10.2 Å². The lowest BCUT2D eigenvalue weighted by atomic mass is 10.1. The molecule has 0 spiro atoms. The molecule has 1 aliphatic rings. The fourth-order valence-electron chi connectivity index (χ4n) is 2.55. The zero-order valence-corrected chi connectivity index (χ0v) is 13.4. The zero-order chi connectivity index (χ0) is 15.7. The number of nitrogens with zero attached hydrogens (tertiary/aromatic N) is 1. The van der Waals surface area contributed by atoms with Gasteiger partial charge in [-0.2, -0.15) is 8.42 Å². The molecule has 0 bridgehead atoms. The number of ether oxygens (including phenoxy) is 1. The summed E-state index contributed by atoms with van der Waals surface area (Å²) in [4.78, 5) is 0. The Bertz CT molecular complexity index is 783. The summed E-state index contributed by atoms with van der Waals surface area (Å²) in [7, 11) is -3.69. The van der Waals surface area contributed by atoms with Crippen LogP contribution in [0, 0.1) is 13.8 Å². The second-order valence-corrected chi connectivity index (χ2v) is 6.86. The molecule has 0 radical (unpaired) electrons. The van der Waals surface area contributed by atoms with Gasteiger partial charge in [0, 0.05) is 0 Å². The topological polar surface area (TPSA) is 58.6 Å². The summed E-state index contributed by atoms with van der Waals surface area (Å²) in [5, 5.41) is 0. The van der Waals surface area contributed by atoms with Crippen LogP contribution in [0.25, 0.3) is 0 Å². The Balaban J connectivity index is 1.98. The Morgan fingerprint density at radius 1 is 1.05 bits per heavy atom. The van der Waals surface area contributed by atoms with Crippen molar-refractivity contribution in [3.05, 3.63) is 53.6 Å². The van der Waals surface area contributed by atoms with Crippen LogP contribution in [0.1, 0.15) is 11.1 Å². The maximum absolute atomic E-state index is 12.8. The predicted octanol–water partition coefficient (Wildman–Crippen LogP) is 2.86. The minimum atomic E-state index is -3.69. The molecule has 0 fully saturated rings. The Kier molecular flexibility index (Phi) is 3.70. The molecule has 0 atom stereocenters. The van der Waals surface area contributed by atoms with Crippen molar-refractivity contribution in [2.45, 2.75) is 13.8 Å². The molecule has 6 heteroatoms. The fourth-order valence-corrected chi connectivity index (χ4v) is 3.97. The lowest BCUT2D eigenvalue weighted by Crippen LogP contribution is -2.41. The van der Waals surface area contributed by atoms with Crippen LogP contribution in [-0.4, -0.2) is 21.6 Å². The van der Waals surface area contributed by atoms with Gasteiger partial charge >= 0.3 is 10.2 Å². The van der Waals surface area contributed by atoms with Gasteiger partial charge < -0.3 is 4.74 Å². The van der Waals surface area contributed by atoms with E-state index in [9.17, 15) is 8.42 Å². The van der Waals surface area contributed by atoms with Crippen molar-refractivity contribution in [2.24, 2.45) is 0 Å². The average molecular weight is 318 g/mol. The van der Waals surface area contributed by atoms with Gasteiger partial charge in [0.25, 0.3) is 0 Å². The third-order valence-corrected chi connectivity index (χ3v) is 5.11. The largest absolute Gasteiger partial charge is 0.489 e. The molecule has 2 aromatic carbocycles. The number of nitrogens with one attached hydrogen (secondary N) is 1. The quantitative estimate of drug-likeness (QED) is 0.946. The monoisotopic (exact) mass is 318 g/mol. The van der Waals surface area contributed by atoms with Gasteiger partial charge in [-0.05, 0) is 37.1 Å². The molecule has 0 unspecified atom stereocenters. The summed E-state index contributed by atoms with van der Waals surface area (Å²) in [5.74, 6) is 0.584. The smallest absolute Gasteiger partial charge is 0.324 e. The highest BCUT2D eigenvalue weighted by molar-refractivity contribution is 7.94. The van der Waals surface area contributed by atoms with E-state index in [2.05, 4.69) is 4.72 Å². The number of hydrogen-bond donors (Lipinski definition) is 1.